The molecule has 1 amide bonds. The zero-order valence-corrected chi connectivity index (χ0v) is 14.9. The molecule has 0 aliphatic carbocycles. The number of hydrogen-bond donors (Lipinski definition) is 1. The SMILES string of the molecule is Cc1ccc(CNC(=O)CCS(=O)(=O)Cc2ccccc2C)cc1. The van der Waals surface area contributed by atoms with E-state index in [1.165, 1.54) is 0 Å². The van der Waals surface area contributed by atoms with Gasteiger partial charge in [0.15, 0.2) is 9.84 Å². The van der Waals surface area contributed by atoms with Crippen LogP contribution in [0.4, 0.5) is 0 Å². The topological polar surface area (TPSA) is 63.2 Å². The molecule has 0 heterocycles. The number of nitrogens with one attached hydrogen (secondary N) is 1. The van der Waals surface area contributed by atoms with Crippen molar-refractivity contribution in [3.8, 4) is 0 Å². The number of carbonyl (C=O) groups is 1. The van der Waals surface area contributed by atoms with Gasteiger partial charge in [0.05, 0.1) is 11.5 Å². The number of amides is 1. The summed E-state index contributed by atoms with van der Waals surface area (Å²) in [7, 11) is -3.30. The normalized spacial score (nSPS) is 11.2. The number of aryl methyl sites for hydroxylation is 2. The van der Waals surface area contributed by atoms with Gasteiger partial charge in [0, 0.05) is 13.0 Å². The molecule has 0 saturated heterocycles. The van der Waals surface area contributed by atoms with Crippen molar-refractivity contribution >= 4 is 15.7 Å². The largest absolute Gasteiger partial charge is 0.352 e. The van der Waals surface area contributed by atoms with Crippen LogP contribution in [-0.2, 0) is 26.9 Å². The summed E-state index contributed by atoms with van der Waals surface area (Å²) >= 11 is 0. The lowest BCUT2D eigenvalue weighted by molar-refractivity contribution is -0.120. The fraction of sp³-hybridized carbons (Fsp3) is 0.316. The maximum Gasteiger partial charge on any atom is 0.221 e. The average Bonchev–Trinajstić information content (AvgIpc) is 2.54. The van der Waals surface area contributed by atoms with Crippen molar-refractivity contribution in [3.63, 3.8) is 0 Å². The van der Waals surface area contributed by atoms with Crippen LogP contribution in [0.2, 0.25) is 0 Å². The number of carbonyl (C=O) groups excluding carboxylic acids is 1. The molecule has 0 atom stereocenters. The van der Waals surface area contributed by atoms with Gasteiger partial charge >= 0.3 is 0 Å². The van der Waals surface area contributed by atoms with E-state index in [1.807, 2.05) is 62.4 Å². The molecule has 2 aromatic carbocycles. The highest BCUT2D eigenvalue weighted by molar-refractivity contribution is 7.90. The fourth-order valence-corrected chi connectivity index (χ4v) is 3.76. The van der Waals surface area contributed by atoms with E-state index in [0.29, 0.717) is 6.54 Å². The van der Waals surface area contributed by atoms with E-state index in [4.69, 9.17) is 0 Å². The second-order valence-corrected chi connectivity index (χ2v) is 8.21. The van der Waals surface area contributed by atoms with Crippen LogP contribution in [0.15, 0.2) is 48.5 Å². The quantitative estimate of drug-likeness (QED) is 0.839. The van der Waals surface area contributed by atoms with Crippen LogP contribution in [0.3, 0.4) is 0 Å². The predicted octanol–water partition coefficient (Wildman–Crippen LogP) is 2.92. The average molecular weight is 345 g/mol. The smallest absolute Gasteiger partial charge is 0.221 e. The Morgan fingerprint density at radius 3 is 2.33 bits per heavy atom. The van der Waals surface area contributed by atoms with E-state index >= 15 is 0 Å². The van der Waals surface area contributed by atoms with Gasteiger partial charge in [0.25, 0.3) is 0 Å². The van der Waals surface area contributed by atoms with E-state index in [1.54, 1.807) is 0 Å². The van der Waals surface area contributed by atoms with Gasteiger partial charge in [-0.3, -0.25) is 4.79 Å². The van der Waals surface area contributed by atoms with Gasteiger partial charge in [-0.25, -0.2) is 8.42 Å². The molecule has 24 heavy (non-hydrogen) atoms. The highest BCUT2D eigenvalue weighted by Gasteiger charge is 2.15. The Balaban J connectivity index is 1.82. The summed E-state index contributed by atoms with van der Waals surface area (Å²) in [5.74, 6) is -0.407. The molecule has 0 bridgehead atoms. The molecular formula is C19H23NO3S. The van der Waals surface area contributed by atoms with Crippen LogP contribution in [0.1, 0.15) is 28.7 Å². The number of rotatable bonds is 7. The molecule has 128 valence electrons. The molecule has 1 N–H and O–H groups in total. The minimum Gasteiger partial charge on any atom is -0.352 e. The maximum atomic E-state index is 12.2. The van der Waals surface area contributed by atoms with Crippen molar-refractivity contribution in [2.24, 2.45) is 0 Å². The highest BCUT2D eigenvalue weighted by Crippen LogP contribution is 2.12. The Bertz CT molecular complexity index is 796. The van der Waals surface area contributed by atoms with Crippen LogP contribution in [0.25, 0.3) is 0 Å². The first-order valence-electron chi connectivity index (χ1n) is 7.93. The van der Waals surface area contributed by atoms with Crippen molar-refractivity contribution < 1.29 is 13.2 Å². The Morgan fingerprint density at radius 2 is 1.67 bits per heavy atom. The summed E-state index contributed by atoms with van der Waals surface area (Å²) in [6, 6.07) is 15.3. The van der Waals surface area contributed by atoms with Crippen molar-refractivity contribution in [3.05, 3.63) is 70.8 Å². The minimum absolute atomic E-state index is 0.0138. The molecular weight excluding hydrogens is 322 g/mol. The summed E-state index contributed by atoms with van der Waals surface area (Å²) in [5, 5.41) is 2.76. The molecule has 0 aromatic heterocycles. The van der Waals surface area contributed by atoms with Crippen LogP contribution in [0, 0.1) is 13.8 Å². The van der Waals surface area contributed by atoms with Gasteiger partial charge in [0.1, 0.15) is 0 Å². The predicted molar refractivity (Wildman–Crippen MR) is 96.3 cm³/mol. The van der Waals surface area contributed by atoms with E-state index < -0.39 is 9.84 Å². The van der Waals surface area contributed by atoms with Gasteiger partial charge in [-0.1, -0.05) is 54.1 Å². The van der Waals surface area contributed by atoms with E-state index in [2.05, 4.69) is 5.32 Å². The maximum absolute atomic E-state index is 12.2. The highest BCUT2D eigenvalue weighted by atomic mass is 32.2. The molecule has 4 nitrogen and oxygen atoms in total. The monoisotopic (exact) mass is 345 g/mol. The standard InChI is InChI=1S/C19H23NO3S/c1-15-7-9-17(10-8-15)13-20-19(21)11-12-24(22,23)14-18-6-4-3-5-16(18)2/h3-10H,11-14H2,1-2H3,(H,20,21). The molecule has 0 fully saturated rings. The zero-order chi connectivity index (χ0) is 17.6. The lowest BCUT2D eigenvalue weighted by Gasteiger charge is -2.08. The summed E-state index contributed by atoms with van der Waals surface area (Å²) in [6.45, 7) is 4.30. The number of benzene rings is 2. The molecule has 0 saturated carbocycles. The first-order chi connectivity index (χ1) is 11.4. The molecule has 2 rings (SSSR count). The molecule has 5 heteroatoms. The Hall–Kier alpha value is -2.14. The fourth-order valence-electron chi connectivity index (χ4n) is 2.32. The van der Waals surface area contributed by atoms with Gasteiger partial charge in [0.2, 0.25) is 5.91 Å². The molecule has 0 radical (unpaired) electrons. The zero-order valence-electron chi connectivity index (χ0n) is 14.1. The molecule has 2 aromatic rings. The minimum atomic E-state index is -3.30. The molecule has 0 aliphatic heterocycles. The van der Waals surface area contributed by atoms with E-state index in [9.17, 15) is 13.2 Å². The molecule has 0 unspecified atom stereocenters. The third-order valence-corrected chi connectivity index (χ3v) is 5.46. The van der Waals surface area contributed by atoms with Crippen molar-refractivity contribution in [1.29, 1.82) is 0 Å². The summed E-state index contributed by atoms with van der Waals surface area (Å²) in [4.78, 5) is 11.9. The second-order valence-electron chi connectivity index (χ2n) is 6.03. The van der Waals surface area contributed by atoms with Crippen molar-refractivity contribution in [2.45, 2.75) is 32.6 Å². The number of sulfone groups is 1. The Labute approximate surface area is 143 Å². The van der Waals surface area contributed by atoms with Gasteiger partial charge in [-0.15, -0.1) is 0 Å². The third-order valence-electron chi connectivity index (χ3n) is 3.89. The summed E-state index contributed by atoms with van der Waals surface area (Å²) in [5.41, 5.74) is 3.89. The van der Waals surface area contributed by atoms with Gasteiger partial charge in [-0.2, -0.15) is 0 Å². The second kappa shape index (κ2) is 8.11. The summed E-state index contributed by atoms with van der Waals surface area (Å²) in [6.07, 6.45) is -0.0138. The van der Waals surface area contributed by atoms with Crippen LogP contribution in [-0.4, -0.2) is 20.1 Å². The molecule has 0 spiro atoms. The lowest BCUT2D eigenvalue weighted by atomic mass is 10.1. The van der Waals surface area contributed by atoms with E-state index in [0.717, 1.165) is 22.3 Å². The lowest BCUT2D eigenvalue weighted by Crippen LogP contribution is -2.25. The van der Waals surface area contributed by atoms with Crippen molar-refractivity contribution in [2.75, 3.05) is 5.75 Å². The molecule has 0 aliphatic rings. The Kier molecular flexibility index (Phi) is 6.15. The first-order valence-corrected chi connectivity index (χ1v) is 9.75. The van der Waals surface area contributed by atoms with Crippen LogP contribution < -0.4 is 5.32 Å². The van der Waals surface area contributed by atoms with Crippen LogP contribution >= 0.6 is 0 Å². The van der Waals surface area contributed by atoms with Crippen molar-refractivity contribution in [1.82, 2.24) is 5.32 Å². The van der Waals surface area contributed by atoms with E-state index in [-0.39, 0.29) is 23.8 Å². The van der Waals surface area contributed by atoms with Crippen LogP contribution in [0.5, 0.6) is 0 Å². The first kappa shape index (κ1) is 18.2. The van der Waals surface area contributed by atoms with Gasteiger partial charge < -0.3 is 5.32 Å². The Morgan fingerprint density at radius 1 is 1.00 bits per heavy atom. The summed E-state index contributed by atoms with van der Waals surface area (Å²) < 4.78 is 24.4. The third kappa shape index (κ3) is 5.81. The van der Waals surface area contributed by atoms with Gasteiger partial charge in [-0.05, 0) is 30.5 Å². The number of hydrogen-bond acceptors (Lipinski definition) is 3.